The predicted octanol–water partition coefficient (Wildman–Crippen LogP) is 0.800. The molecule has 2 aromatic rings. The van der Waals surface area contributed by atoms with Crippen molar-refractivity contribution >= 4 is 11.6 Å². The monoisotopic (exact) mass is 245 g/mol. The van der Waals surface area contributed by atoms with E-state index in [0.29, 0.717) is 18.8 Å². The van der Waals surface area contributed by atoms with E-state index in [-0.39, 0.29) is 5.91 Å². The van der Waals surface area contributed by atoms with Gasteiger partial charge < -0.3 is 10.6 Å². The first kappa shape index (κ1) is 12.3. The van der Waals surface area contributed by atoms with E-state index < -0.39 is 0 Å². The summed E-state index contributed by atoms with van der Waals surface area (Å²) in [4.78, 5) is 13.9. The zero-order valence-corrected chi connectivity index (χ0v) is 9.91. The molecular formula is C12H15N5O. The number of aromatic amines is 1. The van der Waals surface area contributed by atoms with Crippen LogP contribution < -0.4 is 10.6 Å². The lowest BCUT2D eigenvalue weighted by molar-refractivity contribution is 0.0982. The van der Waals surface area contributed by atoms with Gasteiger partial charge in [0, 0.05) is 12.2 Å². The van der Waals surface area contributed by atoms with Gasteiger partial charge in [-0.15, -0.1) is 0 Å². The summed E-state index contributed by atoms with van der Waals surface area (Å²) in [6, 6.07) is 9.45. The van der Waals surface area contributed by atoms with Gasteiger partial charge in [-0.2, -0.15) is 15.4 Å². The highest BCUT2D eigenvalue weighted by atomic mass is 16.2. The number of anilines is 1. The number of aromatic nitrogens is 3. The van der Waals surface area contributed by atoms with E-state index in [2.05, 4.69) is 15.4 Å². The topological polar surface area (TPSA) is 87.9 Å². The molecule has 18 heavy (non-hydrogen) atoms. The lowest BCUT2D eigenvalue weighted by Gasteiger charge is -2.21. The minimum absolute atomic E-state index is 0.177. The molecule has 1 aromatic carbocycles. The van der Waals surface area contributed by atoms with Crippen LogP contribution in [0.4, 0.5) is 5.69 Å². The molecule has 0 aliphatic heterocycles. The second-order valence-electron chi connectivity index (χ2n) is 3.79. The maximum atomic E-state index is 12.3. The van der Waals surface area contributed by atoms with Crippen LogP contribution in [0.2, 0.25) is 0 Å². The van der Waals surface area contributed by atoms with Crippen LogP contribution in [0.5, 0.6) is 0 Å². The normalized spacial score (nSPS) is 10.3. The quantitative estimate of drug-likeness (QED) is 0.815. The number of nitrogens with zero attached hydrogens (tertiary/aromatic N) is 3. The molecular weight excluding hydrogens is 230 g/mol. The Balaban J connectivity index is 2.23. The second kappa shape index (κ2) is 5.92. The third-order valence-electron chi connectivity index (χ3n) is 2.53. The summed E-state index contributed by atoms with van der Waals surface area (Å²) >= 11 is 0. The fourth-order valence-corrected chi connectivity index (χ4v) is 1.65. The zero-order valence-electron chi connectivity index (χ0n) is 9.91. The molecule has 0 bridgehead atoms. The van der Waals surface area contributed by atoms with Crippen LogP contribution in [0.1, 0.15) is 16.9 Å². The number of hydrogen-bond donors (Lipinski definition) is 2. The fraction of sp³-hybridized carbons (Fsp3) is 0.250. The maximum absolute atomic E-state index is 12.3. The summed E-state index contributed by atoms with van der Waals surface area (Å²) in [5.74, 6) is -0.177. The molecule has 1 aromatic heterocycles. The van der Waals surface area contributed by atoms with Gasteiger partial charge >= 0.3 is 0 Å². The first-order valence-corrected chi connectivity index (χ1v) is 5.75. The maximum Gasteiger partial charge on any atom is 0.280 e. The van der Waals surface area contributed by atoms with E-state index in [1.54, 1.807) is 4.90 Å². The minimum Gasteiger partial charge on any atom is -0.330 e. The van der Waals surface area contributed by atoms with E-state index in [4.69, 9.17) is 5.73 Å². The zero-order chi connectivity index (χ0) is 12.8. The lowest BCUT2D eigenvalue weighted by Crippen LogP contribution is -2.33. The number of amides is 1. The van der Waals surface area contributed by atoms with Crippen molar-refractivity contribution in [1.29, 1.82) is 0 Å². The molecule has 0 fully saturated rings. The smallest absolute Gasteiger partial charge is 0.280 e. The van der Waals surface area contributed by atoms with Crippen LogP contribution in [0.3, 0.4) is 0 Å². The van der Waals surface area contributed by atoms with Crippen LogP contribution in [0.15, 0.2) is 36.5 Å². The highest BCUT2D eigenvalue weighted by Gasteiger charge is 2.19. The third kappa shape index (κ3) is 2.72. The average Bonchev–Trinajstić information content (AvgIpc) is 2.94. The molecule has 0 saturated heterocycles. The Hall–Kier alpha value is -2.21. The molecule has 0 aliphatic rings. The number of carbonyl (C=O) groups excluding carboxylic acids is 1. The van der Waals surface area contributed by atoms with Crippen molar-refractivity contribution in [3.63, 3.8) is 0 Å². The molecule has 0 unspecified atom stereocenters. The van der Waals surface area contributed by atoms with Crippen molar-refractivity contribution < 1.29 is 4.79 Å². The number of hydrogen-bond acceptors (Lipinski definition) is 4. The Morgan fingerprint density at radius 3 is 2.72 bits per heavy atom. The molecule has 94 valence electrons. The van der Waals surface area contributed by atoms with E-state index in [1.165, 1.54) is 6.20 Å². The number of H-pyrrole nitrogens is 1. The molecule has 0 spiro atoms. The molecule has 6 heteroatoms. The van der Waals surface area contributed by atoms with Gasteiger partial charge in [0.05, 0.1) is 6.20 Å². The molecule has 0 atom stereocenters. The molecule has 3 N–H and O–H groups in total. The Kier molecular flexibility index (Phi) is 4.03. The molecule has 0 saturated carbocycles. The van der Waals surface area contributed by atoms with Gasteiger partial charge in [-0.3, -0.25) is 4.79 Å². The Morgan fingerprint density at radius 1 is 1.33 bits per heavy atom. The molecule has 1 amide bonds. The van der Waals surface area contributed by atoms with Crippen LogP contribution in [-0.2, 0) is 0 Å². The highest BCUT2D eigenvalue weighted by Crippen LogP contribution is 2.15. The summed E-state index contributed by atoms with van der Waals surface area (Å²) in [6.07, 6.45) is 2.15. The second-order valence-corrected chi connectivity index (χ2v) is 3.79. The largest absolute Gasteiger partial charge is 0.330 e. The molecule has 0 radical (unpaired) electrons. The number of nitrogens with two attached hydrogens (primary N) is 1. The van der Waals surface area contributed by atoms with E-state index in [9.17, 15) is 4.79 Å². The summed E-state index contributed by atoms with van der Waals surface area (Å²) < 4.78 is 0. The number of benzene rings is 1. The number of nitrogens with one attached hydrogen (secondary N) is 1. The summed E-state index contributed by atoms with van der Waals surface area (Å²) in [5, 5.41) is 9.90. The SMILES string of the molecule is NCCCN(C(=O)c1cn[nH]n1)c1ccccc1. The number of carbonyl (C=O) groups is 1. The van der Waals surface area contributed by atoms with Gasteiger partial charge in [-0.05, 0) is 25.1 Å². The predicted molar refractivity (Wildman–Crippen MR) is 68.2 cm³/mol. The van der Waals surface area contributed by atoms with Crippen LogP contribution in [0, 0.1) is 0 Å². The summed E-state index contributed by atoms with van der Waals surface area (Å²) in [5.41, 5.74) is 6.64. The van der Waals surface area contributed by atoms with Gasteiger partial charge in [-0.25, -0.2) is 0 Å². The van der Waals surface area contributed by atoms with E-state index in [1.807, 2.05) is 30.3 Å². The Morgan fingerprint density at radius 2 is 2.11 bits per heavy atom. The molecule has 2 rings (SSSR count). The van der Waals surface area contributed by atoms with E-state index in [0.717, 1.165) is 12.1 Å². The standard InChI is InChI=1S/C12H15N5O/c13-7-4-8-17(10-5-2-1-3-6-10)12(18)11-9-14-16-15-11/h1-3,5-6,9H,4,7-8,13H2,(H,14,15,16). The van der Waals surface area contributed by atoms with Crippen molar-refractivity contribution in [3.05, 3.63) is 42.2 Å². The number of para-hydroxylation sites is 1. The lowest BCUT2D eigenvalue weighted by atomic mass is 10.2. The minimum atomic E-state index is -0.177. The van der Waals surface area contributed by atoms with Crippen molar-refractivity contribution in [3.8, 4) is 0 Å². The Labute approximate surface area is 105 Å². The number of rotatable bonds is 5. The Bertz CT molecular complexity index is 482. The van der Waals surface area contributed by atoms with Gasteiger partial charge in [0.2, 0.25) is 0 Å². The van der Waals surface area contributed by atoms with Gasteiger partial charge in [0.1, 0.15) is 0 Å². The highest BCUT2D eigenvalue weighted by molar-refractivity contribution is 6.04. The van der Waals surface area contributed by atoms with Crippen LogP contribution in [-0.4, -0.2) is 34.4 Å². The van der Waals surface area contributed by atoms with Crippen molar-refractivity contribution in [2.45, 2.75) is 6.42 Å². The fourth-order valence-electron chi connectivity index (χ4n) is 1.65. The van der Waals surface area contributed by atoms with Gasteiger partial charge in [-0.1, -0.05) is 18.2 Å². The van der Waals surface area contributed by atoms with Gasteiger partial charge in [0.15, 0.2) is 5.69 Å². The van der Waals surface area contributed by atoms with Crippen LogP contribution >= 0.6 is 0 Å². The molecule has 0 aliphatic carbocycles. The van der Waals surface area contributed by atoms with Crippen molar-refractivity contribution in [1.82, 2.24) is 15.4 Å². The van der Waals surface area contributed by atoms with E-state index >= 15 is 0 Å². The van der Waals surface area contributed by atoms with Crippen molar-refractivity contribution in [2.24, 2.45) is 5.73 Å². The third-order valence-corrected chi connectivity index (χ3v) is 2.53. The van der Waals surface area contributed by atoms with Crippen molar-refractivity contribution in [2.75, 3.05) is 18.0 Å². The van der Waals surface area contributed by atoms with Gasteiger partial charge in [0.25, 0.3) is 5.91 Å². The summed E-state index contributed by atoms with van der Waals surface area (Å²) in [7, 11) is 0. The van der Waals surface area contributed by atoms with Crippen LogP contribution in [0.25, 0.3) is 0 Å². The molecule has 6 nitrogen and oxygen atoms in total. The summed E-state index contributed by atoms with van der Waals surface area (Å²) in [6.45, 7) is 1.10. The average molecular weight is 245 g/mol. The first-order chi connectivity index (χ1) is 8.83. The molecule has 1 heterocycles. The first-order valence-electron chi connectivity index (χ1n) is 5.75.